The summed E-state index contributed by atoms with van der Waals surface area (Å²) in [5.41, 5.74) is 6.83. The molecule has 3 N–H and O–H groups in total. The Bertz CT molecular complexity index is 552. The van der Waals surface area contributed by atoms with Crippen LogP contribution in [0, 0.1) is 12.3 Å². The van der Waals surface area contributed by atoms with Gasteiger partial charge in [-0.05, 0) is 24.6 Å². The third-order valence-corrected chi connectivity index (χ3v) is 2.33. The van der Waals surface area contributed by atoms with Crippen LogP contribution in [0.15, 0.2) is 42.6 Å². The molecule has 0 aliphatic carbocycles. The molecule has 0 radical (unpaired) electrons. The number of para-hydroxylation sites is 1. The molecule has 0 fully saturated rings. The highest BCUT2D eigenvalue weighted by Gasteiger charge is 2.03. The fraction of sp³-hybridized carbons (Fsp3) is 0.0769. The van der Waals surface area contributed by atoms with Gasteiger partial charge in [0.2, 0.25) is 0 Å². The summed E-state index contributed by atoms with van der Waals surface area (Å²) in [5, 5.41) is 7.31. The van der Waals surface area contributed by atoms with Crippen LogP contribution in [0.25, 0.3) is 0 Å². The van der Waals surface area contributed by atoms with Crippen molar-refractivity contribution in [3.05, 3.63) is 53.9 Å². The number of nitrogen functional groups attached to an aromatic ring is 1. The zero-order valence-electron chi connectivity index (χ0n) is 9.47. The van der Waals surface area contributed by atoms with Crippen LogP contribution in [0.1, 0.15) is 11.3 Å². The topological polar surface area (TPSA) is 72.0 Å². The molecule has 0 unspecified atom stereocenters. The summed E-state index contributed by atoms with van der Waals surface area (Å²) in [4.78, 5) is 3.97. The molecule has 0 saturated heterocycles. The number of rotatable bonds is 3. The van der Waals surface area contributed by atoms with E-state index < -0.39 is 0 Å². The fourth-order valence-electron chi connectivity index (χ4n) is 1.42. The lowest BCUT2D eigenvalue weighted by Gasteiger charge is -2.08. The maximum atomic E-state index is 7.31. The van der Waals surface area contributed by atoms with E-state index in [0.717, 1.165) is 11.3 Å². The molecule has 17 heavy (non-hydrogen) atoms. The van der Waals surface area contributed by atoms with Gasteiger partial charge in [0.05, 0.1) is 0 Å². The molecule has 0 aliphatic rings. The third kappa shape index (κ3) is 2.60. The van der Waals surface area contributed by atoms with Gasteiger partial charge in [0.25, 0.3) is 0 Å². The molecule has 1 aromatic heterocycles. The molecule has 4 heteroatoms. The standard InChI is InChI=1S/C13H13N3O/c1-9-4-2-3-5-12(9)17-10-6-7-16-11(8-10)13(14)15/h2-8H,1H3,(H3,14,15). The summed E-state index contributed by atoms with van der Waals surface area (Å²) in [7, 11) is 0. The van der Waals surface area contributed by atoms with Crippen LogP contribution in [0.4, 0.5) is 0 Å². The molecule has 0 atom stereocenters. The van der Waals surface area contributed by atoms with Gasteiger partial charge in [-0.3, -0.25) is 10.4 Å². The van der Waals surface area contributed by atoms with Crippen molar-refractivity contribution in [2.45, 2.75) is 6.92 Å². The highest BCUT2D eigenvalue weighted by atomic mass is 16.5. The van der Waals surface area contributed by atoms with E-state index in [1.807, 2.05) is 31.2 Å². The summed E-state index contributed by atoms with van der Waals surface area (Å²) in [6, 6.07) is 11.1. The Morgan fingerprint density at radius 2 is 2.06 bits per heavy atom. The van der Waals surface area contributed by atoms with E-state index in [1.165, 1.54) is 0 Å². The number of nitrogens with zero attached hydrogens (tertiary/aromatic N) is 1. The zero-order valence-corrected chi connectivity index (χ0v) is 9.47. The van der Waals surface area contributed by atoms with Gasteiger partial charge in [-0.2, -0.15) is 0 Å². The normalized spacial score (nSPS) is 9.94. The maximum Gasteiger partial charge on any atom is 0.141 e. The van der Waals surface area contributed by atoms with Crippen LogP contribution in [-0.4, -0.2) is 10.8 Å². The van der Waals surface area contributed by atoms with Gasteiger partial charge in [-0.15, -0.1) is 0 Å². The first-order chi connectivity index (χ1) is 8.16. The van der Waals surface area contributed by atoms with Crippen molar-refractivity contribution in [3.8, 4) is 11.5 Å². The predicted octanol–water partition coefficient (Wildman–Crippen LogP) is 2.47. The minimum atomic E-state index is -0.0692. The van der Waals surface area contributed by atoms with Gasteiger partial charge in [0.15, 0.2) is 0 Å². The number of benzene rings is 1. The van der Waals surface area contributed by atoms with E-state index in [2.05, 4.69) is 4.98 Å². The lowest BCUT2D eigenvalue weighted by Crippen LogP contribution is -2.12. The first-order valence-corrected chi connectivity index (χ1v) is 5.21. The number of pyridine rings is 1. The third-order valence-electron chi connectivity index (χ3n) is 2.33. The van der Waals surface area contributed by atoms with Gasteiger partial charge < -0.3 is 10.5 Å². The molecule has 4 nitrogen and oxygen atoms in total. The van der Waals surface area contributed by atoms with Gasteiger partial charge >= 0.3 is 0 Å². The first-order valence-electron chi connectivity index (χ1n) is 5.21. The fourth-order valence-corrected chi connectivity index (χ4v) is 1.42. The zero-order chi connectivity index (χ0) is 12.3. The van der Waals surface area contributed by atoms with Crippen molar-refractivity contribution in [2.75, 3.05) is 0 Å². The first kappa shape index (κ1) is 11.1. The van der Waals surface area contributed by atoms with Crippen LogP contribution < -0.4 is 10.5 Å². The van der Waals surface area contributed by atoms with Crippen LogP contribution >= 0.6 is 0 Å². The quantitative estimate of drug-likeness (QED) is 0.625. The Balaban J connectivity index is 2.28. The molecule has 0 aliphatic heterocycles. The lowest BCUT2D eigenvalue weighted by molar-refractivity contribution is 0.478. The number of nitrogens with two attached hydrogens (primary N) is 1. The van der Waals surface area contributed by atoms with Gasteiger partial charge in [-0.25, -0.2) is 0 Å². The Labute approximate surface area is 99.6 Å². The summed E-state index contributed by atoms with van der Waals surface area (Å²) >= 11 is 0. The van der Waals surface area contributed by atoms with E-state index in [4.69, 9.17) is 15.9 Å². The predicted molar refractivity (Wildman–Crippen MR) is 66.5 cm³/mol. The highest BCUT2D eigenvalue weighted by Crippen LogP contribution is 2.24. The number of ether oxygens (including phenoxy) is 1. The second-order valence-electron chi connectivity index (χ2n) is 3.66. The average molecular weight is 227 g/mol. The smallest absolute Gasteiger partial charge is 0.141 e. The summed E-state index contributed by atoms with van der Waals surface area (Å²) in [6.07, 6.45) is 1.57. The number of aromatic nitrogens is 1. The summed E-state index contributed by atoms with van der Waals surface area (Å²) < 4.78 is 5.71. The van der Waals surface area contributed by atoms with Gasteiger partial charge in [0, 0.05) is 12.3 Å². The van der Waals surface area contributed by atoms with Crippen molar-refractivity contribution < 1.29 is 4.74 Å². The van der Waals surface area contributed by atoms with Gasteiger partial charge in [-0.1, -0.05) is 18.2 Å². The Hall–Kier alpha value is -2.36. The van der Waals surface area contributed by atoms with Crippen LogP contribution in [-0.2, 0) is 0 Å². The number of hydrogen-bond donors (Lipinski definition) is 2. The lowest BCUT2D eigenvalue weighted by atomic mass is 10.2. The minimum absolute atomic E-state index is 0.0692. The minimum Gasteiger partial charge on any atom is -0.457 e. The Kier molecular flexibility index (Phi) is 3.05. The molecule has 1 aromatic carbocycles. The number of nitrogens with one attached hydrogen (secondary N) is 1. The second-order valence-corrected chi connectivity index (χ2v) is 3.66. The van der Waals surface area contributed by atoms with E-state index in [0.29, 0.717) is 11.4 Å². The molecule has 86 valence electrons. The number of hydrogen-bond acceptors (Lipinski definition) is 3. The van der Waals surface area contributed by atoms with Crippen LogP contribution in [0.2, 0.25) is 0 Å². The molecular formula is C13H13N3O. The molecular weight excluding hydrogens is 214 g/mol. The second kappa shape index (κ2) is 4.65. The molecule has 0 amide bonds. The van der Waals surface area contributed by atoms with Crippen molar-refractivity contribution in [3.63, 3.8) is 0 Å². The van der Waals surface area contributed by atoms with Crippen LogP contribution in [0.3, 0.4) is 0 Å². The van der Waals surface area contributed by atoms with Crippen molar-refractivity contribution in [1.29, 1.82) is 5.41 Å². The summed E-state index contributed by atoms with van der Waals surface area (Å²) in [5.74, 6) is 1.34. The Morgan fingerprint density at radius 3 is 2.76 bits per heavy atom. The monoisotopic (exact) mass is 227 g/mol. The average Bonchev–Trinajstić information content (AvgIpc) is 2.32. The van der Waals surface area contributed by atoms with Crippen LogP contribution in [0.5, 0.6) is 11.5 Å². The van der Waals surface area contributed by atoms with Gasteiger partial charge in [0.1, 0.15) is 23.0 Å². The van der Waals surface area contributed by atoms with Crippen molar-refractivity contribution >= 4 is 5.84 Å². The number of amidine groups is 1. The van der Waals surface area contributed by atoms with E-state index >= 15 is 0 Å². The summed E-state index contributed by atoms with van der Waals surface area (Å²) in [6.45, 7) is 1.97. The molecule has 2 rings (SSSR count). The molecule has 0 bridgehead atoms. The van der Waals surface area contributed by atoms with E-state index in [9.17, 15) is 0 Å². The van der Waals surface area contributed by atoms with Crippen molar-refractivity contribution in [1.82, 2.24) is 4.98 Å². The molecule has 0 saturated carbocycles. The Morgan fingerprint density at radius 1 is 1.29 bits per heavy atom. The molecule has 1 heterocycles. The van der Waals surface area contributed by atoms with E-state index in [1.54, 1.807) is 18.3 Å². The molecule has 0 spiro atoms. The van der Waals surface area contributed by atoms with E-state index in [-0.39, 0.29) is 5.84 Å². The SMILES string of the molecule is Cc1ccccc1Oc1ccnc(C(=N)N)c1. The molecule has 2 aromatic rings. The number of aryl methyl sites for hydroxylation is 1. The van der Waals surface area contributed by atoms with Crippen molar-refractivity contribution in [2.24, 2.45) is 5.73 Å². The highest BCUT2D eigenvalue weighted by molar-refractivity contribution is 5.93. The maximum absolute atomic E-state index is 7.31. The largest absolute Gasteiger partial charge is 0.457 e.